The van der Waals surface area contributed by atoms with Crippen LogP contribution in [-0.4, -0.2) is 21.4 Å². The molecule has 2 aromatic carbocycles. The summed E-state index contributed by atoms with van der Waals surface area (Å²) in [5.41, 5.74) is 3.17. The lowest BCUT2D eigenvalue weighted by Gasteiger charge is -2.14. The number of hydrogen-bond acceptors (Lipinski definition) is 2. The van der Waals surface area contributed by atoms with Crippen LogP contribution in [0.4, 0.5) is 4.39 Å². The molecule has 0 saturated heterocycles. The van der Waals surface area contributed by atoms with Crippen LogP contribution in [0.15, 0.2) is 48.5 Å². The highest BCUT2D eigenvalue weighted by molar-refractivity contribution is 7.71. The molecule has 130 valence electrons. The summed E-state index contributed by atoms with van der Waals surface area (Å²) >= 11 is 5.65. The molecule has 0 amide bonds. The predicted molar refractivity (Wildman–Crippen MR) is 98.9 cm³/mol. The van der Waals surface area contributed by atoms with Crippen molar-refractivity contribution in [1.82, 2.24) is 14.3 Å². The molecule has 0 saturated carbocycles. The maximum absolute atomic E-state index is 13.3. The van der Waals surface area contributed by atoms with E-state index in [1.54, 1.807) is 12.1 Å². The summed E-state index contributed by atoms with van der Waals surface area (Å²) < 4.78 is 17.9. The predicted octanol–water partition coefficient (Wildman–Crippen LogP) is 2.83. The third-order valence-electron chi connectivity index (χ3n) is 4.17. The van der Waals surface area contributed by atoms with Gasteiger partial charge in [-0.1, -0.05) is 30.3 Å². The standard InChI is InChI=1S/C19H21FN4S/c1-14-7-4-5-10-18(14)24-15(2)21-23(19(24)25)13-22(3)12-16-8-6-9-17(20)11-16/h4-11H,12-13H2,1-3H3/p+1. The number of benzene rings is 2. The minimum absolute atomic E-state index is 0.207. The van der Waals surface area contributed by atoms with Gasteiger partial charge in [0.1, 0.15) is 18.2 Å². The van der Waals surface area contributed by atoms with E-state index in [4.69, 9.17) is 12.2 Å². The number of aryl methyl sites for hydroxylation is 2. The molecule has 1 heterocycles. The Morgan fingerprint density at radius 1 is 1.12 bits per heavy atom. The van der Waals surface area contributed by atoms with Crippen LogP contribution in [0.1, 0.15) is 17.0 Å². The van der Waals surface area contributed by atoms with Gasteiger partial charge in [-0.15, -0.1) is 0 Å². The largest absolute Gasteiger partial charge is 0.315 e. The summed E-state index contributed by atoms with van der Waals surface area (Å²) in [5.74, 6) is 0.652. The maximum atomic E-state index is 13.3. The third kappa shape index (κ3) is 3.86. The molecule has 4 nitrogen and oxygen atoms in total. The Morgan fingerprint density at radius 2 is 1.88 bits per heavy atom. The van der Waals surface area contributed by atoms with Crippen molar-refractivity contribution in [2.24, 2.45) is 0 Å². The highest BCUT2D eigenvalue weighted by Crippen LogP contribution is 2.16. The molecule has 0 aliphatic carbocycles. The van der Waals surface area contributed by atoms with E-state index in [0.29, 0.717) is 18.0 Å². The molecule has 6 heteroatoms. The number of quaternary nitrogens is 1. The van der Waals surface area contributed by atoms with Gasteiger partial charge in [-0.25, -0.2) is 4.39 Å². The van der Waals surface area contributed by atoms with Gasteiger partial charge in [0, 0.05) is 5.56 Å². The van der Waals surface area contributed by atoms with E-state index >= 15 is 0 Å². The van der Waals surface area contributed by atoms with Crippen LogP contribution >= 0.6 is 12.2 Å². The molecule has 1 aromatic heterocycles. The van der Waals surface area contributed by atoms with Gasteiger partial charge in [-0.2, -0.15) is 9.78 Å². The van der Waals surface area contributed by atoms with Gasteiger partial charge in [-0.3, -0.25) is 4.57 Å². The molecule has 0 aliphatic rings. The molecule has 0 fully saturated rings. The van der Waals surface area contributed by atoms with Gasteiger partial charge in [-0.05, 0) is 49.8 Å². The summed E-state index contributed by atoms with van der Waals surface area (Å²) in [4.78, 5) is 1.18. The van der Waals surface area contributed by atoms with E-state index in [1.165, 1.54) is 11.0 Å². The fraction of sp³-hybridized carbons (Fsp3) is 0.263. The first-order chi connectivity index (χ1) is 12.0. The first-order valence-electron chi connectivity index (χ1n) is 8.24. The minimum Gasteiger partial charge on any atom is -0.315 e. The summed E-state index contributed by atoms with van der Waals surface area (Å²) in [6, 6.07) is 14.8. The fourth-order valence-corrected chi connectivity index (χ4v) is 3.35. The van der Waals surface area contributed by atoms with Crippen molar-refractivity contribution in [3.8, 4) is 5.69 Å². The topological polar surface area (TPSA) is 27.2 Å². The molecule has 25 heavy (non-hydrogen) atoms. The molecular weight excluding hydrogens is 335 g/mol. The van der Waals surface area contributed by atoms with Crippen LogP contribution in [0, 0.1) is 24.4 Å². The SMILES string of the molecule is Cc1ccccc1-n1c(C)nn(C[NH+](C)Cc2cccc(F)c2)c1=S. The molecule has 1 unspecified atom stereocenters. The summed E-state index contributed by atoms with van der Waals surface area (Å²) in [6.07, 6.45) is 0. The molecular formula is C19H22FN4S+. The molecule has 3 rings (SSSR count). The highest BCUT2D eigenvalue weighted by atomic mass is 32.1. The van der Waals surface area contributed by atoms with Gasteiger partial charge in [0.25, 0.3) is 0 Å². The third-order valence-corrected chi connectivity index (χ3v) is 4.57. The molecule has 1 N–H and O–H groups in total. The summed E-state index contributed by atoms with van der Waals surface area (Å²) in [5, 5.41) is 4.61. The van der Waals surface area contributed by atoms with Crippen LogP contribution < -0.4 is 4.90 Å². The second-order valence-electron chi connectivity index (χ2n) is 6.37. The lowest BCUT2D eigenvalue weighted by molar-refractivity contribution is -0.917. The van der Waals surface area contributed by atoms with E-state index in [0.717, 1.165) is 22.6 Å². The lowest BCUT2D eigenvalue weighted by Crippen LogP contribution is -3.07. The maximum Gasteiger partial charge on any atom is 0.207 e. The first-order valence-corrected chi connectivity index (χ1v) is 8.64. The number of nitrogens with zero attached hydrogens (tertiary/aromatic N) is 3. The highest BCUT2D eigenvalue weighted by Gasteiger charge is 2.13. The van der Waals surface area contributed by atoms with E-state index in [1.807, 2.05) is 40.4 Å². The van der Waals surface area contributed by atoms with Crippen LogP contribution in [-0.2, 0) is 13.2 Å². The zero-order valence-electron chi connectivity index (χ0n) is 14.7. The molecule has 0 aliphatic heterocycles. The van der Waals surface area contributed by atoms with Gasteiger partial charge >= 0.3 is 0 Å². The first kappa shape index (κ1) is 17.5. The zero-order valence-corrected chi connectivity index (χ0v) is 15.5. The van der Waals surface area contributed by atoms with Crippen LogP contribution in [0.25, 0.3) is 5.69 Å². The smallest absolute Gasteiger partial charge is 0.207 e. The Bertz CT molecular complexity index is 945. The van der Waals surface area contributed by atoms with Crippen molar-refractivity contribution in [2.75, 3.05) is 7.05 Å². The van der Waals surface area contributed by atoms with Crippen molar-refractivity contribution >= 4 is 12.2 Å². The number of hydrogen-bond donors (Lipinski definition) is 1. The van der Waals surface area contributed by atoms with Crippen molar-refractivity contribution in [3.63, 3.8) is 0 Å². The second kappa shape index (κ2) is 7.29. The molecule has 1 atom stereocenters. The Kier molecular flexibility index (Phi) is 5.11. The van der Waals surface area contributed by atoms with E-state index in [-0.39, 0.29) is 5.82 Å². The normalized spacial score (nSPS) is 12.3. The Labute approximate surface area is 152 Å². The van der Waals surface area contributed by atoms with Gasteiger partial charge < -0.3 is 4.90 Å². The van der Waals surface area contributed by atoms with Crippen molar-refractivity contribution < 1.29 is 9.29 Å². The van der Waals surface area contributed by atoms with Gasteiger partial charge in [0.2, 0.25) is 4.77 Å². The Morgan fingerprint density at radius 3 is 2.60 bits per heavy atom. The van der Waals surface area contributed by atoms with Crippen molar-refractivity contribution in [3.05, 3.63) is 76.1 Å². The van der Waals surface area contributed by atoms with Gasteiger partial charge in [0.05, 0.1) is 12.7 Å². The minimum atomic E-state index is -0.207. The van der Waals surface area contributed by atoms with Crippen molar-refractivity contribution in [1.29, 1.82) is 0 Å². The van der Waals surface area contributed by atoms with E-state index in [2.05, 4.69) is 25.1 Å². The molecule has 3 aromatic rings. The molecule has 0 bridgehead atoms. The Hall–Kier alpha value is -2.31. The summed E-state index contributed by atoms with van der Waals surface area (Å²) in [7, 11) is 2.05. The quantitative estimate of drug-likeness (QED) is 0.711. The molecule has 0 radical (unpaired) electrons. The average Bonchev–Trinajstić information content (AvgIpc) is 2.82. The second-order valence-corrected chi connectivity index (χ2v) is 6.74. The van der Waals surface area contributed by atoms with E-state index in [9.17, 15) is 4.39 Å². The number of halogens is 1. The number of aromatic nitrogens is 3. The Balaban J connectivity index is 1.83. The number of rotatable bonds is 5. The zero-order chi connectivity index (χ0) is 18.0. The average molecular weight is 357 g/mol. The van der Waals surface area contributed by atoms with Crippen LogP contribution in [0.5, 0.6) is 0 Å². The van der Waals surface area contributed by atoms with Crippen LogP contribution in [0.3, 0.4) is 0 Å². The number of nitrogens with one attached hydrogen (secondary N) is 1. The monoisotopic (exact) mass is 357 g/mol. The fourth-order valence-electron chi connectivity index (χ4n) is 3.02. The summed E-state index contributed by atoms with van der Waals surface area (Å²) in [6.45, 7) is 5.35. The number of para-hydroxylation sites is 1. The van der Waals surface area contributed by atoms with Gasteiger partial charge in [0.15, 0.2) is 6.67 Å². The lowest BCUT2D eigenvalue weighted by atomic mass is 10.2. The van der Waals surface area contributed by atoms with Crippen molar-refractivity contribution in [2.45, 2.75) is 27.1 Å². The molecule has 0 spiro atoms. The van der Waals surface area contributed by atoms with Crippen LogP contribution in [0.2, 0.25) is 0 Å². The van der Waals surface area contributed by atoms with E-state index < -0.39 is 0 Å².